The Morgan fingerprint density at radius 1 is 1.13 bits per heavy atom. The molecule has 236 valence electrons. The van der Waals surface area contributed by atoms with Crippen LogP contribution >= 0.6 is 0 Å². The maximum absolute atomic E-state index is 15.2. The minimum absolute atomic E-state index is 0.0278. The summed E-state index contributed by atoms with van der Waals surface area (Å²) in [5, 5.41) is 6.07. The molecule has 1 fully saturated rings. The van der Waals surface area contributed by atoms with Crippen LogP contribution < -0.4 is 21.3 Å². The molecular formula is C36H38FN7O2. The largest absolute Gasteiger partial charge is 0.403 e. The molecule has 0 aliphatic carbocycles. The topological polar surface area (TPSA) is 108 Å². The number of carbonyl (C=O) groups is 2. The van der Waals surface area contributed by atoms with E-state index < -0.39 is 11.7 Å². The molecule has 0 bridgehead atoms. The summed E-state index contributed by atoms with van der Waals surface area (Å²) in [7, 11) is 1.79. The number of nitrogens with zero attached hydrogens (tertiary/aromatic N) is 4. The van der Waals surface area contributed by atoms with Crippen molar-refractivity contribution in [2.24, 2.45) is 5.73 Å². The Balaban J connectivity index is 1.44. The second kappa shape index (κ2) is 12.8. The van der Waals surface area contributed by atoms with Crippen LogP contribution in [0.15, 0.2) is 79.4 Å². The lowest BCUT2D eigenvalue weighted by molar-refractivity contribution is -0.129. The van der Waals surface area contributed by atoms with Crippen LogP contribution in [0.25, 0.3) is 5.65 Å². The molecular weight excluding hydrogens is 581 g/mol. The molecule has 3 heterocycles. The first-order valence-corrected chi connectivity index (χ1v) is 14.9. The van der Waals surface area contributed by atoms with Gasteiger partial charge in [0.15, 0.2) is 5.65 Å². The van der Waals surface area contributed by atoms with E-state index in [2.05, 4.69) is 54.8 Å². The molecule has 2 aromatic carbocycles. The number of pyridine rings is 1. The molecule has 4 aromatic rings. The van der Waals surface area contributed by atoms with Crippen molar-refractivity contribution in [2.75, 3.05) is 42.2 Å². The van der Waals surface area contributed by atoms with E-state index in [0.717, 1.165) is 16.9 Å². The van der Waals surface area contributed by atoms with Gasteiger partial charge in [-0.05, 0) is 77.9 Å². The van der Waals surface area contributed by atoms with Crippen molar-refractivity contribution in [1.29, 1.82) is 0 Å². The van der Waals surface area contributed by atoms with Crippen LogP contribution in [0.4, 0.5) is 21.5 Å². The first kappa shape index (κ1) is 31.9. The number of carbonyl (C=O) groups excluding carboxylic acids is 2. The minimum atomic E-state index is -0.645. The standard InChI is InChI=1S/C36H38FN7O2/c1-7-26(20-38)40-32-9-8-12-44-28(21-39-34(32)44)11-10-24-16-30(31(37)15-23(24)2)35(46)41-27-17-25(36(3,4)5)18-29(19-27)43-14-13-42(6)33(45)22-43/h7-9,12,15-21,40H,1,13-14,22,38H2,2-6H3,(H,41,46)/b26-20+. The molecule has 0 saturated carbocycles. The molecule has 1 aliphatic heterocycles. The minimum Gasteiger partial charge on any atom is -0.403 e. The van der Waals surface area contributed by atoms with Crippen molar-refractivity contribution in [3.8, 4) is 11.8 Å². The lowest BCUT2D eigenvalue weighted by atomic mass is 9.86. The number of imidazole rings is 1. The highest BCUT2D eigenvalue weighted by Crippen LogP contribution is 2.31. The van der Waals surface area contributed by atoms with E-state index in [1.54, 1.807) is 31.1 Å². The number of fused-ring (bicyclic) bond motifs is 1. The lowest BCUT2D eigenvalue weighted by Gasteiger charge is -2.34. The Morgan fingerprint density at radius 2 is 1.91 bits per heavy atom. The Kier molecular flexibility index (Phi) is 8.87. The third-order valence-corrected chi connectivity index (χ3v) is 7.96. The van der Waals surface area contributed by atoms with Gasteiger partial charge < -0.3 is 26.2 Å². The number of allylic oxidation sites excluding steroid dienone is 1. The van der Waals surface area contributed by atoms with E-state index >= 15 is 4.39 Å². The number of hydrogen-bond donors (Lipinski definition) is 3. The van der Waals surface area contributed by atoms with Gasteiger partial charge >= 0.3 is 0 Å². The molecule has 9 nitrogen and oxygen atoms in total. The van der Waals surface area contributed by atoms with E-state index in [9.17, 15) is 9.59 Å². The molecule has 5 rings (SSSR count). The average Bonchev–Trinajstić information content (AvgIpc) is 3.44. The van der Waals surface area contributed by atoms with Gasteiger partial charge in [-0.1, -0.05) is 33.3 Å². The molecule has 46 heavy (non-hydrogen) atoms. The average molecular weight is 620 g/mol. The predicted octanol–water partition coefficient (Wildman–Crippen LogP) is 5.41. The molecule has 2 amide bonds. The normalized spacial score (nSPS) is 13.8. The second-order valence-corrected chi connectivity index (χ2v) is 12.3. The molecule has 2 aromatic heterocycles. The SMILES string of the molecule is C=C/C(=C\N)Nc1cccn2c(C#Cc3cc(C(=O)Nc4cc(N5CCN(C)C(=O)C5)cc(C(C)(C)C)c4)c(F)cc3C)cnc12. The van der Waals surface area contributed by atoms with Gasteiger partial charge in [-0.25, -0.2) is 9.37 Å². The maximum atomic E-state index is 15.2. The van der Waals surface area contributed by atoms with Crippen LogP contribution in [0, 0.1) is 24.6 Å². The summed E-state index contributed by atoms with van der Waals surface area (Å²) in [5.41, 5.74) is 11.3. The smallest absolute Gasteiger partial charge is 0.258 e. The quantitative estimate of drug-likeness (QED) is 0.197. The molecule has 0 spiro atoms. The fraction of sp³-hybridized carbons (Fsp3) is 0.250. The number of halogens is 1. The van der Waals surface area contributed by atoms with Crippen LogP contribution in [0.1, 0.15) is 53.5 Å². The van der Waals surface area contributed by atoms with E-state index in [-0.39, 0.29) is 23.4 Å². The Hall–Kier alpha value is -5.56. The van der Waals surface area contributed by atoms with Crippen molar-refractivity contribution in [3.05, 3.63) is 113 Å². The van der Waals surface area contributed by atoms with Gasteiger partial charge in [0.25, 0.3) is 5.91 Å². The Bertz CT molecular complexity index is 1940. The number of anilines is 3. The number of piperazine rings is 1. The van der Waals surface area contributed by atoms with E-state index in [1.165, 1.54) is 18.3 Å². The summed E-state index contributed by atoms with van der Waals surface area (Å²) in [5.74, 6) is 5.00. The van der Waals surface area contributed by atoms with Gasteiger partial charge in [0, 0.05) is 49.5 Å². The summed E-state index contributed by atoms with van der Waals surface area (Å²) in [6.07, 6.45) is 6.51. The summed E-state index contributed by atoms with van der Waals surface area (Å²) in [6, 6.07) is 12.3. The van der Waals surface area contributed by atoms with E-state index in [1.807, 2.05) is 45.8 Å². The number of aryl methyl sites for hydroxylation is 1. The third kappa shape index (κ3) is 6.74. The molecule has 4 N–H and O–H groups in total. The first-order valence-electron chi connectivity index (χ1n) is 14.9. The van der Waals surface area contributed by atoms with Gasteiger partial charge in [0.05, 0.1) is 29.7 Å². The number of amides is 2. The van der Waals surface area contributed by atoms with Crippen molar-refractivity contribution < 1.29 is 14.0 Å². The third-order valence-electron chi connectivity index (χ3n) is 7.96. The number of benzene rings is 2. The lowest BCUT2D eigenvalue weighted by Crippen LogP contribution is -2.48. The van der Waals surface area contributed by atoms with Gasteiger partial charge in [-0.2, -0.15) is 0 Å². The van der Waals surface area contributed by atoms with Crippen LogP contribution in [0.2, 0.25) is 0 Å². The van der Waals surface area contributed by atoms with Crippen molar-refractivity contribution >= 4 is 34.5 Å². The monoisotopic (exact) mass is 619 g/mol. The number of nitrogens with one attached hydrogen (secondary N) is 2. The first-order chi connectivity index (χ1) is 21.9. The van der Waals surface area contributed by atoms with E-state index in [4.69, 9.17) is 5.73 Å². The molecule has 0 atom stereocenters. The fourth-order valence-corrected chi connectivity index (χ4v) is 5.11. The van der Waals surface area contributed by atoms with Crippen LogP contribution in [-0.4, -0.2) is 52.8 Å². The van der Waals surface area contributed by atoms with Crippen molar-refractivity contribution in [3.63, 3.8) is 0 Å². The number of rotatable bonds is 6. The van der Waals surface area contributed by atoms with Gasteiger partial charge in [-0.15, -0.1) is 0 Å². The molecule has 10 heteroatoms. The Labute approximate surface area is 268 Å². The predicted molar refractivity (Wildman–Crippen MR) is 181 cm³/mol. The van der Waals surface area contributed by atoms with Gasteiger partial charge in [0.2, 0.25) is 5.91 Å². The Morgan fingerprint density at radius 3 is 2.61 bits per heavy atom. The molecule has 1 aliphatic rings. The molecule has 1 saturated heterocycles. The van der Waals surface area contributed by atoms with Gasteiger partial charge in [0.1, 0.15) is 11.5 Å². The zero-order valence-corrected chi connectivity index (χ0v) is 26.7. The highest BCUT2D eigenvalue weighted by Gasteiger charge is 2.24. The number of aromatic nitrogens is 2. The molecule has 0 radical (unpaired) electrons. The summed E-state index contributed by atoms with van der Waals surface area (Å²) in [6.45, 7) is 13.2. The van der Waals surface area contributed by atoms with Crippen molar-refractivity contribution in [1.82, 2.24) is 14.3 Å². The number of hydrogen-bond acceptors (Lipinski definition) is 6. The van der Waals surface area contributed by atoms with E-state index in [0.29, 0.717) is 46.9 Å². The zero-order chi connectivity index (χ0) is 33.2. The summed E-state index contributed by atoms with van der Waals surface area (Å²) in [4.78, 5) is 34.1. The summed E-state index contributed by atoms with van der Waals surface area (Å²) >= 11 is 0. The maximum Gasteiger partial charge on any atom is 0.258 e. The summed E-state index contributed by atoms with van der Waals surface area (Å²) < 4.78 is 17.1. The van der Waals surface area contributed by atoms with Crippen LogP contribution in [-0.2, 0) is 10.2 Å². The van der Waals surface area contributed by atoms with Gasteiger partial charge in [-0.3, -0.25) is 14.0 Å². The zero-order valence-electron chi connectivity index (χ0n) is 26.7. The second-order valence-electron chi connectivity index (χ2n) is 12.3. The highest BCUT2D eigenvalue weighted by molar-refractivity contribution is 6.05. The molecule has 0 unspecified atom stereocenters. The van der Waals surface area contributed by atoms with Crippen LogP contribution in [0.5, 0.6) is 0 Å². The number of nitrogens with two attached hydrogens (primary N) is 1. The fourth-order valence-electron chi connectivity index (χ4n) is 5.11. The van der Waals surface area contributed by atoms with Crippen LogP contribution in [0.3, 0.4) is 0 Å². The highest BCUT2D eigenvalue weighted by atomic mass is 19.1. The van der Waals surface area contributed by atoms with Crippen molar-refractivity contribution in [2.45, 2.75) is 33.1 Å². The number of likely N-dealkylation sites (N-methyl/N-ethyl adjacent to an activating group) is 1.